The Hall–Kier alpha value is -1.97. The first-order valence-corrected chi connectivity index (χ1v) is 12.0. The van der Waals surface area contributed by atoms with Gasteiger partial charge in [0.1, 0.15) is 4.32 Å². The SMILES string of the molecule is COc1ccc(C=C2SC(=S)N(CCCC(=O)Nc3cc(Cl)c(Cl)cc3Cl)C2=O)cc1OC. The summed E-state index contributed by atoms with van der Waals surface area (Å²) in [5, 5.41) is 3.57. The van der Waals surface area contributed by atoms with Gasteiger partial charge in [0, 0.05) is 13.0 Å². The van der Waals surface area contributed by atoms with Crippen molar-refractivity contribution >= 4 is 86.7 Å². The lowest BCUT2D eigenvalue weighted by molar-refractivity contribution is -0.122. The minimum absolute atomic E-state index is 0.169. The van der Waals surface area contributed by atoms with Crippen LogP contribution in [-0.2, 0) is 9.59 Å². The van der Waals surface area contributed by atoms with Crippen LogP contribution in [0.2, 0.25) is 15.1 Å². The van der Waals surface area contributed by atoms with E-state index in [9.17, 15) is 9.59 Å². The number of anilines is 1. The number of halogens is 3. The molecule has 2 aromatic rings. The topological polar surface area (TPSA) is 67.9 Å². The third kappa shape index (κ3) is 6.33. The molecule has 0 spiro atoms. The Morgan fingerprint density at radius 3 is 2.48 bits per heavy atom. The first-order chi connectivity index (χ1) is 15.7. The van der Waals surface area contributed by atoms with Gasteiger partial charge in [-0.2, -0.15) is 0 Å². The van der Waals surface area contributed by atoms with E-state index in [1.807, 2.05) is 6.07 Å². The standard InChI is InChI=1S/C22H19Cl3N2O4S2/c1-30-17-6-5-12(8-18(17)31-2)9-19-21(29)27(22(32)33-19)7-3-4-20(28)26-16-11-14(24)13(23)10-15(16)25/h5-6,8-11H,3-4,7H2,1-2H3,(H,26,28). The minimum atomic E-state index is -0.262. The maximum Gasteiger partial charge on any atom is 0.266 e. The summed E-state index contributed by atoms with van der Waals surface area (Å²) in [6, 6.07) is 8.33. The van der Waals surface area contributed by atoms with E-state index < -0.39 is 0 Å². The average molecular weight is 546 g/mol. The van der Waals surface area contributed by atoms with Gasteiger partial charge in [0.15, 0.2) is 11.5 Å². The van der Waals surface area contributed by atoms with Crippen LogP contribution < -0.4 is 14.8 Å². The lowest BCUT2D eigenvalue weighted by Crippen LogP contribution is -2.29. The summed E-state index contributed by atoms with van der Waals surface area (Å²) in [7, 11) is 3.11. The summed E-state index contributed by atoms with van der Waals surface area (Å²) in [5.74, 6) is 0.701. The zero-order valence-corrected chi connectivity index (χ0v) is 21.5. The number of nitrogens with one attached hydrogen (secondary N) is 1. The fourth-order valence-corrected chi connectivity index (χ4v) is 4.92. The lowest BCUT2D eigenvalue weighted by Gasteiger charge is -2.14. The molecule has 0 bridgehead atoms. The fraction of sp³-hybridized carbons (Fsp3) is 0.227. The van der Waals surface area contributed by atoms with Crippen molar-refractivity contribution in [3.63, 3.8) is 0 Å². The number of hydrogen-bond donors (Lipinski definition) is 1. The fourth-order valence-electron chi connectivity index (χ4n) is 3.02. The summed E-state index contributed by atoms with van der Waals surface area (Å²) in [5.41, 5.74) is 1.16. The molecule has 1 N–H and O–H groups in total. The second-order valence-corrected chi connectivity index (χ2v) is 9.74. The highest BCUT2D eigenvalue weighted by Crippen LogP contribution is 2.35. The molecule has 3 rings (SSSR count). The molecule has 0 saturated carbocycles. The summed E-state index contributed by atoms with van der Waals surface area (Å²) in [4.78, 5) is 27.1. The molecular formula is C22H19Cl3N2O4S2. The average Bonchev–Trinajstić information content (AvgIpc) is 3.04. The van der Waals surface area contributed by atoms with Gasteiger partial charge in [-0.1, -0.05) is 64.8 Å². The van der Waals surface area contributed by atoms with Crippen LogP contribution in [0.15, 0.2) is 35.2 Å². The number of carbonyl (C=O) groups excluding carboxylic acids is 2. The van der Waals surface area contributed by atoms with E-state index in [-0.39, 0.29) is 28.3 Å². The number of ether oxygens (including phenoxy) is 2. The predicted molar refractivity (Wildman–Crippen MR) is 139 cm³/mol. The Labute approximate surface area is 216 Å². The number of amides is 2. The first-order valence-electron chi connectivity index (χ1n) is 9.65. The Balaban J connectivity index is 1.59. The van der Waals surface area contributed by atoms with E-state index in [2.05, 4.69) is 5.32 Å². The largest absolute Gasteiger partial charge is 0.493 e. The number of benzene rings is 2. The molecule has 1 heterocycles. The number of hydrogen-bond acceptors (Lipinski definition) is 6. The van der Waals surface area contributed by atoms with Crippen molar-refractivity contribution in [3.8, 4) is 11.5 Å². The molecule has 174 valence electrons. The van der Waals surface area contributed by atoms with Gasteiger partial charge in [0.2, 0.25) is 5.91 Å². The number of thioether (sulfide) groups is 1. The lowest BCUT2D eigenvalue weighted by atomic mass is 10.2. The van der Waals surface area contributed by atoms with Gasteiger partial charge in [-0.15, -0.1) is 0 Å². The minimum Gasteiger partial charge on any atom is -0.493 e. The summed E-state index contributed by atoms with van der Waals surface area (Å²) in [6.07, 6.45) is 2.34. The third-order valence-electron chi connectivity index (χ3n) is 4.65. The second-order valence-electron chi connectivity index (χ2n) is 6.85. The Morgan fingerprint density at radius 1 is 1.09 bits per heavy atom. The highest BCUT2D eigenvalue weighted by molar-refractivity contribution is 8.26. The van der Waals surface area contributed by atoms with Gasteiger partial charge in [0.05, 0.1) is 39.9 Å². The second kappa shape index (κ2) is 11.4. The number of rotatable bonds is 8. The highest BCUT2D eigenvalue weighted by Gasteiger charge is 2.31. The van der Waals surface area contributed by atoms with Crippen LogP contribution in [0.25, 0.3) is 6.08 Å². The molecule has 11 heteroatoms. The third-order valence-corrected chi connectivity index (χ3v) is 7.06. The van der Waals surface area contributed by atoms with E-state index in [1.165, 1.54) is 28.8 Å². The molecular weight excluding hydrogens is 527 g/mol. The van der Waals surface area contributed by atoms with Crippen molar-refractivity contribution in [1.82, 2.24) is 4.90 Å². The van der Waals surface area contributed by atoms with Crippen molar-refractivity contribution < 1.29 is 19.1 Å². The quantitative estimate of drug-likeness (QED) is 0.239. The normalized spacial score (nSPS) is 14.7. The summed E-state index contributed by atoms with van der Waals surface area (Å²) in [6.45, 7) is 0.316. The molecule has 1 aliphatic heterocycles. The molecule has 33 heavy (non-hydrogen) atoms. The molecule has 0 radical (unpaired) electrons. The van der Waals surface area contributed by atoms with Gasteiger partial charge < -0.3 is 14.8 Å². The van der Waals surface area contributed by atoms with Crippen LogP contribution in [0.4, 0.5) is 5.69 Å². The van der Waals surface area contributed by atoms with Crippen LogP contribution in [0, 0.1) is 0 Å². The molecule has 2 amide bonds. The van der Waals surface area contributed by atoms with Crippen molar-refractivity contribution in [1.29, 1.82) is 0 Å². The Bertz CT molecular complexity index is 1140. The van der Waals surface area contributed by atoms with Crippen molar-refractivity contribution in [2.24, 2.45) is 0 Å². The van der Waals surface area contributed by atoms with Gasteiger partial charge in [-0.05, 0) is 42.3 Å². The molecule has 0 aromatic heterocycles. The van der Waals surface area contributed by atoms with Gasteiger partial charge in [0.25, 0.3) is 5.91 Å². The zero-order chi connectivity index (χ0) is 24.1. The maximum atomic E-state index is 12.8. The van der Waals surface area contributed by atoms with Gasteiger partial charge in [-0.25, -0.2) is 0 Å². The number of methoxy groups -OCH3 is 2. The molecule has 0 atom stereocenters. The van der Waals surface area contributed by atoms with Crippen LogP contribution in [0.1, 0.15) is 18.4 Å². The van der Waals surface area contributed by atoms with E-state index in [0.29, 0.717) is 44.4 Å². The smallest absolute Gasteiger partial charge is 0.266 e. The van der Waals surface area contributed by atoms with E-state index in [4.69, 9.17) is 56.5 Å². The predicted octanol–water partition coefficient (Wildman–Crippen LogP) is 6.28. The molecule has 1 aliphatic rings. The van der Waals surface area contributed by atoms with Crippen LogP contribution in [0.3, 0.4) is 0 Å². The summed E-state index contributed by atoms with van der Waals surface area (Å²) >= 11 is 24.5. The van der Waals surface area contributed by atoms with Crippen molar-refractivity contribution in [2.75, 3.05) is 26.1 Å². The monoisotopic (exact) mass is 544 g/mol. The van der Waals surface area contributed by atoms with Crippen LogP contribution in [0.5, 0.6) is 11.5 Å². The Morgan fingerprint density at radius 2 is 1.79 bits per heavy atom. The number of nitrogens with zero attached hydrogens (tertiary/aromatic N) is 1. The molecule has 6 nitrogen and oxygen atoms in total. The van der Waals surface area contributed by atoms with Gasteiger partial charge >= 0.3 is 0 Å². The van der Waals surface area contributed by atoms with Crippen LogP contribution >= 0.6 is 58.8 Å². The maximum absolute atomic E-state index is 12.8. The molecule has 1 fully saturated rings. The Kier molecular flexibility index (Phi) is 8.89. The molecule has 0 unspecified atom stereocenters. The van der Waals surface area contributed by atoms with Crippen molar-refractivity contribution in [2.45, 2.75) is 12.8 Å². The van der Waals surface area contributed by atoms with E-state index in [1.54, 1.807) is 32.4 Å². The number of carbonyl (C=O) groups is 2. The highest BCUT2D eigenvalue weighted by atomic mass is 35.5. The molecule has 1 saturated heterocycles. The van der Waals surface area contributed by atoms with E-state index >= 15 is 0 Å². The molecule has 2 aromatic carbocycles. The zero-order valence-electron chi connectivity index (χ0n) is 17.6. The number of thiocarbonyl (C=S) groups is 1. The summed E-state index contributed by atoms with van der Waals surface area (Å²) < 4.78 is 11.0. The van der Waals surface area contributed by atoms with Crippen LogP contribution in [-0.4, -0.2) is 41.8 Å². The van der Waals surface area contributed by atoms with Gasteiger partial charge in [-0.3, -0.25) is 14.5 Å². The van der Waals surface area contributed by atoms with Crippen molar-refractivity contribution in [3.05, 3.63) is 55.9 Å². The van der Waals surface area contributed by atoms with E-state index in [0.717, 1.165) is 5.56 Å². The first kappa shape index (κ1) is 25.6. The molecule has 0 aliphatic carbocycles.